The first-order valence-corrected chi connectivity index (χ1v) is 8.96. The fourth-order valence-corrected chi connectivity index (χ4v) is 4.52. The van der Waals surface area contributed by atoms with E-state index >= 15 is 0 Å². The summed E-state index contributed by atoms with van der Waals surface area (Å²) in [6.45, 7) is 2.02. The van der Waals surface area contributed by atoms with Gasteiger partial charge in [-0.3, -0.25) is 4.79 Å². The number of hydrogen-bond acceptors (Lipinski definition) is 6. The minimum atomic E-state index is 0.147. The molecule has 112 valence electrons. The number of ketones is 1. The molecule has 0 aliphatic heterocycles. The van der Waals surface area contributed by atoms with Crippen molar-refractivity contribution in [2.75, 3.05) is 5.75 Å². The van der Waals surface area contributed by atoms with Crippen molar-refractivity contribution >= 4 is 39.0 Å². The van der Waals surface area contributed by atoms with Gasteiger partial charge in [0.1, 0.15) is 0 Å². The summed E-state index contributed by atoms with van der Waals surface area (Å²) in [5.41, 5.74) is 1.08. The molecule has 0 saturated heterocycles. The van der Waals surface area contributed by atoms with Crippen molar-refractivity contribution in [1.82, 2.24) is 20.2 Å². The highest BCUT2D eigenvalue weighted by molar-refractivity contribution is 7.99. The molecule has 1 saturated carbocycles. The number of thioether (sulfide) groups is 1. The van der Waals surface area contributed by atoms with Crippen LogP contribution in [0.25, 0.3) is 10.1 Å². The first-order chi connectivity index (χ1) is 10.7. The minimum Gasteiger partial charge on any atom is -0.292 e. The second kappa shape index (κ2) is 5.48. The summed E-state index contributed by atoms with van der Waals surface area (Å²) in [4.78, 5) is 13.4. The predicted octanol–water partition coefficient (Wildman–Crippen LogP) is 3.51. The molecule has 7 heteroatoms. The second-order valence-electron chi connectivity index (χ2n) is 5.40. The molecule has 0 amide bonds. The van der Waals surface area contributed by atoms with Crippen molar-refractivity contribution < 1.29 is 4.79 Å². The molecule has 1 fully saturated rings. The van der Waals surface area contributed by atoms with E-state index in [0.717, 1.165) is 33.1 Å². The van der Waals surface area contributed by atoms with Crippen LogP contribution in [0.3, 0.4) is 0 Å². The number of thiophene rings is 1. The first kappa shape index (κ1) is 13.9. The van der Waals surface area contributed by atoms with E-state index in [-0.39, 0.29) is 5.78 Å². The highest BCUT2D eigenvalue weighted by Gasteiger charge is 2.28. The van der Waals surface area contributed by atoms with Gasteiger partial charge in [-0.05, 0) is 47.2 Å². The predicted molar refractivity (Wildman–Crippen MR) is 87.7 cm³/mol. The highest BCUT2D eigenvalue weighted by Crippen LogP contribution is 2.37. The summed E-state index contributed by atoms with van der Waals surface area (Å²) in [6, 6.07) is 8.57. The van der Waals surface area contributed by atoms with E-state index in [9.17, 15) is 4.79 Å². The maximum Gasteiger partial charge on any atom is 0.210 e. The Labute approximate surface area is 135 Å². The van der Waals surface area contributed by atoms with Gasteiger partial charge >= 0.3 is 0 Å². The quantitative estimate of drug-likeness (QED) is 0.529. The second-order valence-corrected chi connectivity index (χ2v) is 7.40. The third kappa shape index (κ3) is 2.44. The van der Waals surface area contributed by atoms with Crippen LogP contribution in [0.1, 0.15) is 34.1 Å². The van der Waals surface area contributed by atoms with Crippen molar-refractivity contribution in [2.24, 2.45) is 0 Å². The average molecular weight is 330 g/mol. The lowest BCUT2D eigenvalue weighted by Gasteiger charge is -2.01. The number of tetrazole rings is 1. The summed E-state index contributed by atoms with van der Waals surface area (Å²) in [5.74, 6) is 0.523. The van der Waals surface area contributed by atoms with Crippen molar-refractivity contribution in [2.45, 2.75) is 31.0 Å². The van der Waals surface area contributed by atoms with Gasteiger partial charge in [0.2, 0.25) is 5.16 Å². The molecule has 0 radical (unpaired) electrons. The lowest BCUT2D eigenvalue weighted by molar-refractivity contribution is 0.102. The number of nitrogens with zero attached hydrogens (tertiary/aromatic N) is 4. The summed E-state index contributed by atoms with van der Waals surface area (Å²) in [7, 11) is 0. The highest BCUT2D eigenvalue weighted by atomic mass is 32.2. The fraction of sp³-hybridized carbons (Fsp3) is 0.333. The molecular formula is C15H14N4OS2. The van der Waals surface area contributed by atoms with Crippen LogP contribution in [0, 0.1) is 6.92 Å². The van der Waals surface area contributed by atoms with Crippen molar-refractivity contribution in [3.05, 3.63) is 34.7 Å². The third-order valence-corrected chi connectivity index (χ3v) is 6.03. The molecule has 0 unspecified atom stereocenters. The Kier molecular flexibility index (Phi) is 3.46. The summed E-state index contributed by atoms with van der Waals surface area (Å²) < 4.78 is 3.01. The zero-order chi connectivity index (χ0) is 15.1. The van der Waals surface area contributed by atoms with Crippen LogP contribution in [0.15, 0.2) is 29.4 Å². The number of carbonyl (C=O) groups excluding carboxylic acids is 1. The Morgan fingerprint density at radius 2 is 2.23 bits per heavy atom. The zero-order valence-corrected chi connectivity index (χ0v) is 13.7. The Hall–Kier alpha value is -1.73. The van der Waals surface area contributed by atoms with E-state index in [1.54, 1.807) is 11.3 Å². The number of rotatable bonds is 5. The number of aromatic nitrogens is 4. The zero-order valence-electron chi connectivity index (χ0n) is 12.0. The molecule has 0 atom stereocenters. The Morgan fingerprint density at radius 1 is 1.41 bits per heavy atom. The topological polar surface area (TPSA) is 60.7 Å². The lowest BCUT2D eigenvalue weighted by atomic mass is 10.1. The Bertz CT molecular complexity index is 850. The van der Waals surface area contributed by atoms with Gasteiger partial charge in [-0.15, -0.1) is 16.4 Å². The molecule has 3 aromatic rings. The van der Waals surface area contributed by atoms with Gasteiger partial charge < -0.3 is 0 Å². The molecule has 22 heavy (non-hydrogen) atoms. The molecule has 0 spiro atoms. The van der Waals surface area contributed by atoms with Gasteiger partial charge in [0.15, 0.2) is 5.78 Å². The molecule has 0 bridgehead atoms. The normalized spacial score (nSPS) is 14.6. The number of fused-ring (bicyclic) bond motifs is 1. The van der Waals surface area contributed by atoms with Gasteiger partial charge in [0, 0.05) is 4.70 Å². The standard InChI is InChI=1S/C15H14N4OS2/c1-9-11-4-2-3-5-13(11)22-14(9)12(20)8-21-15-16-17-18-19(15)10-6-7-10/h2-5,10H,6-8H2,1H3. The minimum absolute atomic E-state index is 0.147. The van der Waals surface area contributed by atoms with Gasteiger partial charge in [-0.2, -0.15) is 0 Å². The van der Waals surface area contributed by atoms with Gasteiger partial charge in [0.05, 0.1) is 16.7 Å². The van der Waals surface area contributed by atoms with Gasteiger partial charge in [-0.25, -0.2) is 4.68 Å². The Morgan fingerprint density at radius 3 is 3.00 bits per heavy atom. The van der Waals surface area contributed by atoms with Crippen molar-refractivity contribution in [1.29, 1.82) is 0 Å². The van der Waals surface area contributed by atoms with Crippen LogP contribution in [-0.4, -0.2) is 31.7 Å². The number of aryl methyl sites for hydroxylation is 1. The molecule has 5 nitrogen and oxygen atoms in total. The number of benzene rings is 1. The van der Waals surface area contributed by atoms with E-state index in [0.29, 0.717) is 11.8 Å². The first-order valence-electron chi connectivity index (χ1n) is 7.16. The molecule has 1 aliphatic carbocycles. The van der Waals surface area contributed by atoms with Crippen molar-refractivity contribution in [3.63, 3.8) is 0 Å². The van der Waals surface area contributed by atoms with E-state index in [2.05, 4.69) is 27.7 Å². The number of Topliss-reactive ketones (excluding diaryl/α,β-unsaturated/α-hetero) is 1. The molecule has 0 N–H and O–H groups in total. The maximum atomic E-state index is 12.5. The largest absolute Gasteiger partial charge is 0.292 e. The summed E-state index contributed by atoms with van der Waals surface area (Å²) >= 11 is 3.00. The molecule has 2 heterocycles. The van der Waals surface area contributed by atoms with E-state index in [1.165, 1.54) is 17.1 Å². The van der Waals surface area contributed by atoms with Crippen LogP contribution < -0.4 is 0 Å². The third-order valence-electron chi connectivity index (χ3n) is 3.78. The number of hydrogen-bond donors (Lipinski definition) is 0. The molecule has 1 aliphatic rings. The van der Waals surface area contributed by atoms with Crippen LogP contribution in [-0.2, 0) is 0 Å². The van der Waals surface area contributed by atoms with Crippen LogP contribution in [0.2, 0.25) is 0 Å². The van der Waals surface area contributed by atoms with Crippen molar-refractivity contribution in [3.8, 4) is 0 Å². The average Bonchev–Trinajstić information content (AvgIpc) is 3.18. The van der Waals surface area contributed by atoms with Gasteiger partial charge in [0.25, 0.3) is 0 Å². The Balaban J connectivity index is 1.53. The fourth-order valence-electron chi connectivity index (χ4n) is 2.46. The van der Waals surface area contributed by atoms with Crippen LogP contribution in [0.4, 0.5) is 0 Å². The molecule has 2 aromatic heterocycles. The monoisotopic (exact) mass is 330 g/mol. The molecular weight excluding hydrogens is 316 g/mol. The van der Waals surface area contributed by atoms with Crippen LogP contribution >= 0.6 is 23.1 Å². The SMILES string of the molecule is Cc1c(C(=O)CSc2nnnn2C2CC2)sc2ccccc12. The van der Waals surface area contributed by atoms with Crippen LogP contribution in [0.5, 0.6) is 0 Å². The number of carbonyl (C=O) groups is 1. The van der Waals surface area contributed by atoms with E-state index in [4.69, 9.17) is 0 Å². The van der Waals surface area contributed by atoms with Gasteiger partial charge in [-0.1, -0.05) is 30.0 Å². The van der Waals surface area contributed by atoms with E-state index < -0.39 is 0 Å². The maximum absolute atomic E-state index is 12.5. The summed E-state index contributed by atoms with van der Waals surface area (Å²) in [5, 5.41) is 13.7. The lowest BCUT2D eigenvalue weighted by Crippen LogP contribution is -2.04. The molecule has 4 rings (SSSR count). The molecule has 1 aromatic carbocycles. The summed E-state index contributed by atoms with van der Waals surface area (Å²) in [6.07, 6.45) is 2.25. The van der Waals surface area contributed by atoms with E-state index in [1.807, 2.05) is 23.7 Å². The smallest absolute Gasteiger partial charge is 0.210 e.